The first kappa shape index (κ1) is 10.3. The van der Waals surface area contributed by atoms with E-state index in [2.05, 4.69) is 15.9 Å². The predicted octanol–water partition coefficient (Wildman–Crippen LogP) is 2.90. The first-order valence-corrected chi connectivity index (χ1v) is 5.07. The van der Waals surface area contributed by atoms with E-state index >= 15 is 0 Å². The molecule has 1 aromatic carbocycles. The summed E-state index contributed by atoms with van der Waals surface area (Å²) in [5.41, 5.74) is 3.58. The summed E-state index contributed by atoms with van der Waals surface area (Å²) in [6.07, 6.45) is 0. The number of hydrogen-bond acceptors (Lipinski definition) is 1. The molecule has 0 aromatic heterocycles. The first-order valence-electron chi connectivity index (χ1n) is 3.95. The van der Waals surface area contributed by atoms with Crippen molar-refractivity contribution in [3.8, 4) is 0 Å². The smallest absolute Gasteiger partial charge is 0.335 e. The average Bonchev–Trinajstić information content (AvgIpc) is 2.09. The molecule has 0 fully saturated rings. The lowest BCUT2D eigenvalue weighted by Crippen LogP contribution is -2.00. The molecule has 13 heavy (non-hydrogen) atoms. The van der Waals surface area contributed by atoms with Gasteiger partial charge in [-0.05, 0) is 42.7 Å². The SMILES string of the molecule is Cc1cc(C(=O)O)cc(CBr)c1C. The molecule has 0 unspecified atom stereocenters. The Bertz CT molecular complexity index is 345. The van der Waals surface area contributed by atoms with Crippen LogP contribution in [0.4, 0.5) is 0 Å². The van der Waals surface area contributed by atoms with Gasteiger partial charge >= 0.3 is 5.97 Å². The minimum absolute atomic E-state index is 0.359. The van der Waals surface area contributed by atoms with Crippen molar-refractivity contribution in [1.82, 2.24) is 0 Å². The Kier molecular flexibility index (Phi) is 3.09. The van der Waals surface area contributed by atoms with Gasteiger partial charge in [-0.2, -0.15) is 0 Å². The molecule has 1 aromatic rings. The summed E-state index contributed by atoms with van der Waals surface area (Å²) in [7, 11) is 0. The van der Waals surface area contributed by atoms with Crippen LogP contribution in [0.5, 0.6) is 0 Å². The molecule has 0 atom stereocenters. The van der Waals surface area contributed by atoms with Crippen LogP contribution in [0, 0.1) is 13.8 Å². The normalized spacial score (nSPS) is 10.1. The molecule has 2 nitrogen and oxygen atoms in total. The van der Waals surface area contributed by atoms with Crippen LogP contribution in [0.3, 0.4) is 0 Å². The van der Waals surface area contributed by atoms with E-state index in [1.807, 2.05) is 13.8 Å². The molecule has 0 radical (unpaired) electrons. The summed E-state index contributed by atoms with van der Waals surface area (Å²) in [4.78, 5) is 10.7. The predicted molar refractivity (Wildman–Crippen MR) is 55.5 cm³/mol. The van der Waals surface area contributed by atoms with Crippen LogP contribution in [0.25, 0.3) is 0 Å². The monoisotopic (exact) mass is 242 g/mol. The quantitative estimate of drug-likeness (QED) is 0.811. The molecule has 0 spiro atoms. The lowest BCUT2D eigenvalue weighted by atomic mass is 10.0. The molecule has 0 heterocycles. The highest BCUT2D eigenvalue weighted by Crippen LogP contribution is 2.18. The van der Waals surface area contributed by atoms with E-state index in [4.69, 9.17) is 5.11 Å². The van der Waals surface area contributed by atoms with Crippen LogP contribution in [0.1, 0.15) is 27.0 Å². The minimum Gasteiger partial charge on any atom is -0.478 e. The third-order valence-electron chi connectivity index (χ3n) is 2.17. The van der Waals surface area contributed by atoms with Gasteiger partial charge in [0, 0.05) is 5.33 Å². The van der Waals surface area contributed by atoms with E-state index in [1.165, 1.54) is 0 Å². The fourth-order valence-corrected chi connectivity index (χ4v) is 1.78. The Morgan fingerprint density at radius 3 is 2.54 bits per heavy atom. The summed E-state index contributed by atoms with van der Waals surface area (Å²) in [6, 6.07) is 3.41. The number of carboxylic acids is 1. The van der Waals surface area contributed by atoms with Crippen LogP contribution < -0.4 is 0 Å². The molecule has 0 aliphatic heterocycles. The van der Waals surface area contributed by atoms with Gasteiger partial charge in [0.25, 0.3) is 0 Å². The van der Waals surface area contributed by atoms with Crippen LogP contribution >= 0.6 is 15.9 Å². The lowest BCUT2D eigenvalue weighted by Gasteiger charge is -2.07. The Labute approximate surface area is 85.7 Å². The van der Waals surface area contributed by atoms with Crippen molar-refractivity contribution in [2.75, 3.05) is 0 Å². The number of rotatable bonds is 2. The number of alkyl halides is 1. The summed E-state index contributed by atoms with van der Waals surface area (Å²) in [5.74, 6) is -0.870. The zero-order valence-electron chi connectivity index (χ0n) is 7.60. The molecular formula is C10H11BrO2. The van der Waals surface area contributed by atoms with E-state index < -0.39 is 5.97 Å². The molecule has 0 saturated carbocycles. The highest BCUT2D eigenvalue weighted by Gasteiger charge is 2.07. The van der Waals surface area contributed by atoms with Crippen molar-refractivity contribution in [1.29, 1.82) is 0 Å². The van der Waals surface area contributed by atoms with Gasteiger partial charge in [0.05, 0.1) is 5.56 Å². The number of aryl methyl sites for hydroxylation is 1. The second-order valence-electron chi connectivity index (χ2n) is 3.02. The molecule has 1 rings (SSSR count). The number of benzene rings is 1. The topological polar surface area (TPSA) is 37.3 Å². The molecule has 0 bridgehead atoms. The van der Waals surface area contributed by atoms with Gasteiger partial charge in [-0.1, -0.05) is 15.9 Å². The number of carbonyl (C=O) groups is 1. The summed E-state index contributed by atoms with van der Waals surface area (Å²) in [6.45, 7) is 3.92. The molecule has 0 aliphatic rings. The maximum atomic E-state index is 10.7. The average molecular weight is 243 g/mol. The Morgan fingerprint density at radius 1 is 1.46 bits per heavy atom. The second kappa shape index (κ2) is 3.92. The van der Waals surface area contributed by atoms with Crippen molar-refractivity contribution in [3.05, 3.63) is 34.4 Å². The fraction of sp³-hybridized carbons (Fsp3) is 0.300. The zero-order chi connectivity index (χ0) is 10.0. The van der Waals surface area contributed by atoms with Crippen molar-refractivity contribution < 1.29 is 9.90 Å². The Morgan fingerprint density at radius 2 is 2.08 bits per heavy atom. The lowest BCUT2D eigenvalue weighted by molar-refractivity contribution is 0.0696. The third kappa shape index (κ3) is 2.10. The summed E-state index contributed by atoms with van der Waals surface area (Å²) in [5, 5.41) is 9.50. The summed E-state index contributed by atoms with van der Waals surface area (Å²) < 4.78 is 0. The molecule has 70 valence electrons. The van der Waals surface area contributed by atoms with E-state index in [-0.39, 0.29) is 0 Å². The highest BCUT2D eigenvalue weighted by atomic mass is 79.9. The number of aromatic carboxylic acids is 1. The van der Waals surface area contributed by atoms with Crippen molar-refractivity contribution in [3.63, 3.8) is 0 Å². The number of hydrogen-bond donors (Lipinski definition) is 1. The highest BCUT2D eigenvalue weighted by molar-refractivity contribution is 9.08. The molecule has 0 saturated heterocycles. The molecule has 0 amide bonds. The second-order valence-corrected chi connectivity index (χ2v) is 3.58. The Hall–Kier alpha value is -0.830. The minimum atomic E-state index is -0.870. The van der Waals surface area contributed by atoms with E-state index in [9.17, 15) is 4.79 Å². The van der Waals surface area contributed by atoms with Crippen molar-refractivity contribution in [2.45, 2.75) is 19.2 Å². The number of halogens is 1. The van der Waals surface area contributed by atoms with E-state index in [0.29, 0.717) is 10.9 Å². The summed E-state index contributed by atoms with van der Waals surface area (Å²) >= 11 is 3.33. The van der Waals surface area contributed by atoms with Crippen LogP contribution in [0.15, 0.2) is 12.1 Å². The van der Waals surface area contributed by atoms with Gasteiger partial charge in [0.1, 0.15) is 0 Å². The van der Waals surface area contributed by atoms with E-state index in [0.717, 1.165) is 16.7 Å². The third-order valence-corrected chi connectivity index (χ3v) is 2.77. The fourth-order valence-electron chi connectivity index (χ4n) is 1.19. The van der Waals surface area contributed by atoms with Gasteiger partial charge in [0.2, 0.25) is 0 Å². The van der Waals surface area contributed by atoms with Gasteiger partial charge in [0.15, 0.2) is 0 Å². The van der Waals surface area contributed by atoms with Crippen LogP contribution in [-0.2, 0) is 5.33 Å². The Balaban J connectivity index is 3.30. The largest absolute Gasteiger partial charge is 0.478 e. The van der Waals surface area contributed by atoms with Gasteiger partial charge in [-0.25, -0.2) is 4.79 Å². The maximum absolute atomic E-state index is 10.7. The van der Waals surface area contributed by atoms with Crippen LogP contribution in [-0.4, -0.2) is 11.1 Å². The first-order chi connectivity index (χ1) is 6.06. The number of carboxylic acid groups (broad SMARTS) is 1. The van der Waals surface area contributed by atoms with Gasteiger partial charge in [-0.15, -0.1) is 0 Å². The molecule has 0 aliphatic carbocycles. The van der Waals surface area contributed by atoms with Gasteiger partial charge < -0.3 is 5.11 Å². The standard InChI is InChI=1S/C10H11BrO2/c1-6-3-8(10(12)13)4-9(5-11)7(6)2/h3-4H,5H2,1-2H3,(H,12,13). The molecule has 3 heteroatoms. The van der Waals surface area contributed by atoms with E-state index in [1.54, 1.807) is 12.1 Å². The van der Waals surface area contributed by atoms with Crippen molar-refractivity contribution >= 4 is 21.9 Å². The van der Waals surface area contributed by atoms with Crippen LogP contribution in [0.2, 0.25) is 0 Å². The van der Waals surface area contributed by atoms with Gasteiger partial charge in [-0.3, -0.25) is 0 Å². The maximum Gasteiger partial charge on any atom is 0.335 e. The zero-order valence-corrected chi connectivity index (χ0v) is 9.18. The molecule has 1 N–H and O–H groups in total. The van der Waals surface area contributed by atoms with Crippen molar-refractivity contribution in [2.24, 2.45) is 0 Å². The molecular weight excluding hydrogens is 232 g/mol.